The molecule has 116 valence electrons. The molecule has 7 nitrogen and oxygen atoms in total. The molecule has 1 rings (SSSR count). The molecule has 0 saturated carbocycles. The number of aryl methyl sites for hydroxylation is 1. The number of nitrogens with one attached hydrogen (secondary N) is 1. The van der Waals surface area contributed by atoms with Crippen molar-refractivity contribution in [1.29, 1.82) is 0 Å². The van der Waals surface area contributed by atoms with Crippen LogP contribution in [-0.4, -0.2) is 60.0 Å². The van der Waals surface area contributed by atoms with Crippen LogP contribution in [0.4, 0.5) is 0 Å². The van der Waals surface area contributed by atoms with Gasteiger partial charge >= 0.3 is 0 Å². The summed E-state index contributed by atoms with van der Waals surface area (Å²) in [6, 6.07) is 0.243. The fourth-order valence-corrected chi connectivity index (χ4v) is 2.85. The molecule has 1 unspecified atom stereocenters. The van der Waals surface area contributed by atoms with E-state index in [1.54, 1.807) is 14.0 Å². The van der Waals surface area contributed by atoms with Crippen LogP contribution in [0.1, 0.15) is 20.8 Å². The van der Waals surface area contributed by atoms with E-state index >= 15 is 0 Å². The molecule has 0 spiro atoms. The van der Waals surface area contributed by atoms with Crippen LogP contribution in [0.5, 0.6) is 0 Å². The SMILES string of the molecule is CC(O)CN(CCNS(=O)(=O)c1cnn(C)c1)C(C)C. The van der Waals surface area contributed by atoms with Crippen molar-refractivity contribution in [3.05, 3.63) is 12.4 Å². The first-order chi connectivity index (χ1) is 9.22. The summed E-state index contributed by atoms with van der Waals surface area (Å²) < 4.78 is 28.0. The van der Waals surface area contributed by atoms with Crippen LogP contribution in [-0.2, 0) is 17.1 Å². The lowest BCUT2D eigenvalue weighted by atomic mass is 10.2. The number of nitrogens with zero attached hydrogens (tertiary/aromatic N) is 3. The van der Waals surface area contributed by atoms with Gasteiger partial charge in [0.05, 0.1) is 12.3 Å². The molecular formula is C12H24N4O3S. The second-order valence-electron chi connectivity index (χ2n) is 5.19. The number of hydrogen-bond acceptors (Lipinski definition) is 5. The van der Waals surface area contributed by atoms with Crippen LogP contribution in [0.15, 0.2) is 17.3 Å². The molecule has 0 amide bonds. The van der Waals surface area contributed by atoms with Gasteiger partial charge in [-0.1, -0.05) is 0 Å². The maximum atomic E-state index is 12.0. The molecule has 20 heavy (non-hydrogen) atoms. The van der Waals surface area contributed by atoms with Gasteiger partial charge in [0.2, 0.25) is 10.0 Å². The second kappa shape index (κ2) is 7.16. The normalized spacial score (nSPS) is 14.2. The Morgan fingerprint density at radius 1 is 1.45 bits per heavy atom. The monoisotopic (exact) mass is 304 g/mol. The molecule has 0 bridgehead atoms. The number of hydrogen-bond donors (Lipinski definition) is 2. The average molecular weight is 304 g/mol. The van der Waals surface area contributed by atoms with Gasteiger partial charge in [0.25, 0.3) is 0 Å². The van der Waals surface area contributed by atoms with Crippen LogP contribution >= 0.6 is 0 Å². The average Bonchev–Trinajstić information content (AvgIpc) is 2.74. The highest BCUT2D eigenvalue weighted by molar-refractivity contribution is 7.89. The lowest BCUT2D eigenvalue weighted by Gasteiger charge is -2.27. The molecule has 0 aliphatic heterocycles. The number of rotatable bonds is 8. The second-order valence-corrected chi connectivity index (χ2v) is 6.95. The number of aliphatic hydroxyl groups excluding tert-OH is 1. The highest BCUT2D eigenvalue weighted by atomic mass is 32.2. The lowest BCUT2D eigenvalue weighted by molar-refractivity contribution is 0.109. The summed E-state index contributed by atoms with van der Waals surface area (Å²) in [5.41, 5.74) is 0. The van der Waals surface area contributed by atoms with Gasteiger partial charge in [-0.3, -0.25) is 9.58 Å². The predicted molar refractivity (Wildman–Crippen MR) is 76.8 cm³/mol. The van der Waals surface area contributed by atoms with Crippen LogP contribution in [0.2, 0.25) is 0 Å². The van der Waals surface area contributed by atoms with Crippen molar-refractivity contribution < 1.29 is 13.5 Å². The smallest absolute Gasteiger partial charge is 0.243 e. The third-order valence-corrected chi connectivity index (χ3v) is 4.33. The Labute approximate surface area is 120 Å². The van der Waals surface area contributed by atoms with Crippen LogP contribution in [0.25, 0.3) is 0 Å². The summed E-state index contributed by atoms with van der Waals surface area (Å²) in [5.74, 6) is 0. The Bertz CT molecular complexity index is 511. The van der Waals surface area contributed by atoms with Crippen molar-refractivity contribution in [1.82, 2.24) is 19.4 Å². The summed E-state index contributed by atoms with van der Waals surface area (Å²) in [6.45, 7) is 7.10. The van der Waals surface area contributed by atoms with E-state index in [1.807, 2.05) is 18.7 Å². The van der Waals surface area contributed by atoms with Gasteiger partial charge in [0.1, 0.15) is 4.90 Å². The van der Waals surface area contributed by atoms with Crippen LogP contribution < -0.4 is 4.72 Å². The summed E-state index contributed by atoms with van der Waals surface area (Å²) in [4.78, 5) is 2.18. The third kappa shape index (κ3) is 5.20. The first-order valence-electron chi connectivity index (χ1n) is 6.63. The maximum Gasteiger partial charge on any atom is 0.243 e. The Balaban J connectivity index is 2.54. The summed E-state index contributed by atoms with van der Waals surface area (Å²) in [7, 11) is -1.84. The highest BCUT2D eigenvalue weighted by Gasteiger charge is 2.17. The first kappa shape index (κ1) is 17.1. The first-order valence-corrected chi connectivity index (χ1v) is 8.11. The molecule has 2 N–H and O–H groups in total. The van der Waals surface area contributed by atoms with E-state index in [0.29, 0.717) is 19.6 Å². The third-order valence-electron chi connectivity index (χ3n) is 2.91. The van der Waals surface area contributed by atoms with E-state index in [0.717, 1.165) is 0 Å². The Hall–Kier alpha value is -0.960. The predicted octanol–water partition coefficient (Wildman–Crippen LogP) is -0.210. The lowest BCUT2D eigenvalue weighted by Crippen LogP contribution is -2.41. The zero-order chi connectivity index (χ0) is 15.3. The van der Waals surface area contributed by atoms with Crippen molar-refractivity contribution in [3.63, 3.8) is 0 Å². The highest BCUT2D eigenvalue weighted by Crippen LogP contribution is 2.06. The van der Waals surface area contributed by atoms with Gasteiger partial charge in [-0.25, -0.2) is 13.1 Å². The van der Waals surface area contributed by atoms with E-state index in [1.165, 1.54) is 17.1 Å². The number of aromatic nitrogens is 2. The Morgan fingerprint density at radius 3 is 2.55 bits per heavy atom. The standard InChI is InChI=1S/C12H24N4O3S/c1-10(2)16(8-11(3)17)6-5-14-20(18,19)12-7-13-15(4)9-12/h7,9-11,14,17H,5-6,8H2,1-4H3. The van der Waals surface area contributed by atoms with E-state index in [-0.39, 0.29) is 10.9 Å². The minimum Gasteiger partial charge on any atom is -0.392 e. The van der Waals surface area contributed by atoms with Gasteiger partial charge < -0.3 is 5.11 Å². The minimum atomic E-state index is -3.51. The molecule has 1 heterocycles. The van der Waals surface area contributed by atoms with Gasteiger partial charge in [-0.15, -0.1) is 0 Å². The summed E-state index contributed by atoms with van der Waals surface area (Å²) in [6.07, 6.45) is 2.34. The summed E-state index contributed by atoms with van der Waals surface area (Å²) in [5, 5.41) is 13.3. The minimum absolute atomic E-state index is 0.159. The maximum absolute atomic E-state index is 12.0. The molecular weight excluding hydrogens is 280 g/mol. The molecule has 1 atom stereocenters. The van der Waals surface area contributed by atoms with Crippen molar-refractivity contribution in [2.24, 2.45) is 7.05 Å². The quantitative estimate of drug-likeness (QED) is 0.694. The van der Waals surface area contributed by atoms with Gasteiger partial charge in [0, 0.05) is 38.9 Å². The fourth-order valence-electron chi connectivity index (χ4n) is 1.84. The van der Waals surface area contributed by atoms with Crippen molar-refractivity contribution in [3.8, 4) is 0 Å². The molecule has 1 aromatic heterocycles. The van der Waals surface area contributed by atoms with Gasteiger partial charge in [-0.2, -0.15) is 5.10 Å². The van der Waals surface area contributed by atoms with Crippen molar-refractivity contribution >= 4 is 10.0 Å². The molecule has 0 radical (unpaired) electrons. The van der Waals surface area contributed by atoms with Gasteiger partial charge in [-0.05, 0) is 20.8 Å². The van der Waals surface area contributed by atoms with E-state index in [4.69, 9.17) is 0 Å². The molecule has 1 aromatic rings. The zero-order valence-electron chi connectivity index (χ0n) is 12.4. The van der Waals surface area contributed by atoms with Crippen LogP contribution in [0.3, 0.4) is 0 Å². The fraction of sp³-hybridized carbons (Fsp3) is 0.750. The molecule has 0 fully saturated rings. The summed E-state index contributed by atoms with van der Waals surface area (Å²) >= 11 is 0. The Morgan fingerprint density at radius 2 is 2.10 bits per heavy atom. The van der Waals surface area contributed by atoms with Gasteiger partial charge in [0.15, 0.2) is 0 Å². The largest absolute Gasteiger partial charge is 0.392 e. The molecule has 0 saturated heterocycles. The molecule has 8 heteroatoms. The molecule has 0 aromatic carbocycles. The van der Waals surface area contributed by atoms with E-state index in [2.05, 4.69) is 9.82 Å². The molecule has 0 aliphatic carbocycles. The molecule has 0 aliphatic rings. The van der Waals surface area contributed by atoms with Crippen molar-refractivity contribution in [2.45, 2.75) is 37.8 Å². The van der Waals surface area contributed by atoms with Crippen molar-refractivity contribution in [2.75, 3.05) is 19.6 Å². The Kier molecular flexibility index (Phi) is 6.12. The number of aliphatic hydroxyl groups is 1. The van der Waals surface area contributed by atoms with Crippen LogP contribution in [0, 0.1) is 0 Å². The van der Waals surface area contributed by atoms with E-state index in [9.17, 15) is 13.5 Å². The zero-order valence-corrected chi connectivity index (χ0v) is 13.3. The topological polar surface area (TPSA) is 87.5 Å². The van der Waals surface area contributed by atoms with E-state index < -0.39 is 16.1 Å². The number of sulfonamides is 1.